The second kappa shape index (κ2) is 7.92. The van der Waals surface area contributed by atoms with E-state index in [1.807, 2.05) is 36.4 Å². The smallest absolute Gasteiger partial charge is 0.222 e. The number of H-pyrrole nitrogens is 1. The van der Waals surface area contributed by atoms with Crippen molar-refractivity contribution in [2.75, 3.05) is 5.32 Å². The molecule has 1 aromatic carbocycles. The average molecular weight is 410 g/mol. The predicted octanol–water partition coefficient (Wildman–Crippen LogP) is 4.80. The number of hydrogen-bond donors (Lipinski definition) is 2. The van der Waals surface area contributed by atoms with Crippen LogP contribution in [0.2, 0.25) is 5.02 Å². The zero-order chi connectivity index (χ0) is 19.5. The highest BCUT2D eigenvalue weighted by molar-refractivity contribution is 7.18. The average Bonchev–Trinajstić information content (AvgIpc) is 3.33. The summed E-state index contributed by atoms with van der Waals surface area (Å²) < 4.78 is 0. The SMILES string of the molecule is CC(=O)Nc1cc(-c2nc(Cc3ccccc3Cl)c(-c3ncc[nH]3)s2)ccn1. The Morgan fingerprint density at radius 2 is 2.07 bits per heavy atom. The quantitative estimate of drug-likeness (QED) is 0.496. The van der Waals surface area contributed by atoms with Gasteiger partial charge in [0.05, 0.1) is 10.6 Å². The summed E-state index contributed by atoms with van der Waals surface area (Å²) in [7, 11) is 0. The molecule has 0 saturated carbocycles. The van der Waals surface area contributed by atoms with Crippen molar-refractivity contribution in [1.29, 1.82) is 0 Å². The Labute approximate surface area is 170 Å². The summed E-state index contributed by atoms with van der Waals surface area (Å²) in [4.78, 5) is 28.8. The Bertz CT molecular complexity index is 1120. The molecule has 6 nitrogen and oxygen atoms in total. The maximum absolute atomic E-state index is 11.3. The van der Waals surface area contributed by atoms with Crippen LogP contribution in [0.4, 0.5) is 5.82 Å². The van der Waals surface area contributed by atoms with Gasteiger partial charge in [0, 0.05) is 42.5 Å². The van der Waals surface area contributed by atoms with Crippen LogP contribution >= 0.6 is 22.9 Å². The number of benzene rings is 1. The van der Waals surface area contributed by atoms with E-state index in [0.29, 0.717) is 17.3 Å². The summed E-state index contributed by atoms with van der Waals surface area (Å²) in [6.45, 7) is 1.45. The molecule has 0 radical (unpaired) electrons. The van der Waals surface area contributed by atoms with E-state index in [2.05, 4.69) is 20.3 Å². The Hall–Kier alpha value is -3.03. The molecular formula is C20H16ClN5OS. The van der Waals surface area contributed by atoms with Gasteiger partial charge in [-0.1, -0.05) is 29.8 Å². The van der Waals surface area contributed by atoms with Crippen LogP contribution in [0.3, 0.4) is 0 Å². The normalized spacial score (nSPS) is 10.8. The Morgan fingerprint density at radius 3 is 2.82 bits per heavy atom. The van der Waals surface area contributed by atoms with Crippen molar-refractivity contribution in [3.8, 4) is 21.3 Å². The van der Waals surface area contributed by atoms with Crippen molar-refractivity contribution in [2.24, 2.45) is 0 Å². The van der Waals surface area contributed by atoms with E-state index in [4.69, 9.17) is 16.6 Å². The molecule has 3 heterocycles. The fraction of sp³-hybridized carbons (Fsp3) is 0.100. The molecule has 28 heavy (non-hydrogen) atoms. The number of aromatic nitrogens is 4. The zero-order valence-corrected chi connectivity index (χ0v) is 16.5. The molecule has 4 aromatic rings. The maximum Gasteiger partial charge on any atom is 0.222 e. The zero-order valence-electron chi connectivity index (χ0n) is 14.9. The minimum absolute atomic E-state index is 0.167. The molecule has 8 heteroatoms. The van der Waals surface area contributed by atoms with Crippen LogP contribution in [0.25, 0.3) is 21.3 Å². The molecule has 0 aliphatic rings. The molecule has 0 aliphatic carbocycles. The summed E-state index contributed by atoms with van der Waals surface area (Å²) in [5.74, 6) is 1.09. The first-order chi connectivity index (χ1) is 13.6. The van der Waals surface area contributed by atoms with Crippen LogP contribution < -0.4 is 5.32 Å². The lowest BCUT2D eigenvalue weighted by Gasteiger charge is -2.03. The summed E-state index contributed by atoms with van der Waals surface area (Å²) in [6.07, 6.45) is 5.75. The van der Waals surface area contributed by atoms with Crippen LogP contribution in [0.1, 0.15) is 18.2 Å². The van der Waals surface area contributed by atoms with E-state index in [9.17, 15) is 4.79 Å². The third-order valence-electron chi connectivity index (χ3n) is 4.04. The van der Waals surface area contributed by atoms with Crippen molar-refractivity contribution in [2.45, 2.75) is 13.3 Å². The van der Waals surface area contributed by atoms with E-state index in [1.165, 1.54) is 18.3 Å². The fourth-order valence-electron chi connectivity index (χ4n) is 2.80. The van der Waals surface area contributed by atoms with Crippen molar-refractivity contribution < 1.29 is 4.79 Å². The molecule has 0 bridgehead atoms. The van der Waals surface area contributed by atoms with Gasteiger partial charge in [-0.3, -0.25) is 4.79 Å². The van der Waals surface area contributed by atoms with Crippen LogP contribution in [0.5, 0.6) is 0 Å². The van der Waals surface area contributed by atoms with Crippen molar-refractivity contribution >= 4 is 34.7 Å². The minimum atomic E-state index is -0.167. The second-order valence-electron chi connectivity index (χ2n) is 6.11. The van der Waals surface area contributed by atoms with Gasteiger partial charge in [-0.05, 0) is 23.8 Å². The number of pyridine rings is 1. The number of thiazole rings is 1. The lowest BCUT2D eigenvalue weighted by molar-refractivity contribution is -0.114. The van der Waals surface area contributed by atoms with Crippen molar-refractivity contribution in [3.63, 3.8) is 0 Å². The van der Waals surface area contributed by atoms with Crippen molar-refractivity contribution in [1.82, 2.24) is 19.9 Å². The number of aromatic amines is 1. The number of amides is 1. The topological polar surface area (TPSA) is 83.6 Å². The molecule has 3 aromatic heterocycles. The number of carbonyl (C=O) groups excluding carboxylic acids is 1. The largest absolute Gasteiger partial charge is 0.344 e. The number of halogens is 1. The third kappa shape index (κ3) is 3.95. The first kappa shape index (κ1) is 18.3. The number of rotatable bonds is 5. The third-order valence-corrected chi connectivity index (χ3v) is 5.56. The van der Waals surface area contributed by atoms with Gasteiger partial charge < -0.3 is 10.3 Å². The van der Waals surface area contributed by atoms with E-state index in [1.54, 1.807) is 18.6 Å². The second-order valence-corrected chi connectivity index (χ2v) is 7.52. The van der Waals surface area contributed by atoms with Crippen LogP contribution in [-0.2, 0) is 11.2 Å². The monoisotopic (exact) mass is 409 g/mol. The molecule has 2 N–H and O–H groups in total. The van der Waals surface area contributed by atoms with Crippen LogP contribution in [0.15, 0.2) is 55.0 Å². The van der Waals surface area contributed by atoms with Gasteiger partial charge in [-0.25, -0.2) is 15.0 Å². The molecule has 0 saturated heterocycles. The van der Waals surface area contributed by atoms with Gasteiger partial charge in [0.1, 0.15) is 16.6 Å². The molecule has 0 fully saturated rings. The van der Waals surface area contributed by atoms with E-state index in [0.717, 1.165) is 32.5 Å². The summed E-state index contributed by atoms with van der Waals surface area (Å²) in [5.41, 5.74) is 2.77. The molecule has 0 atom stereocenters. The number of carbonyl (C=O) groups is 1. The minimum Gasteiger partial charge on any atom is -0.344 e. The highest BCUT2D eigenvalue weighted by Crippen LogP contribution is 2.36. The van der Waals surface area contributed by atoms with Gasteiger partial charge in [0.25, 0.3) is 0 Å². The van der Waals surface area contributed by atoms with Crippen LogP contribution in [-0.4, -0.2) is 25.8 Å². The number of nitrogens with zero attached hydrogens (tertiary/aromatic N) is 3. The first-order valence-electron chi connectivity index (χ1n) is 8.57. The highest BCUT2D eigenvalue weighted by Gasteiger charge is 2.18. The Balaban J connectivity index is 1.76. The summed E-state index contributed by atoms with van der Waals surface area (Å²) in [6, 6.07) is 11.4. The molecule has 0 unspecified atom stereocenters. The fourth-order valence-corrected chi connectivity index (χ4v) is 4.04. The lowest BCUT2D eigenvalue weighted by Crippen LogP contribution is -2.07. The first-order valence-corrected chi connectivity index (χ1v) is 9.76. The number of anilines is 1. The van der Waals surface area contributed by atoms with Gasteiger partial charge >= 0.3 is 0 Å². The standard InChI is InChI=1S/C20H16ClN5OS/c1-12(27)25-17-11-14(6-7-22-17)20-26-16(10-13-4-2-3-5-15(13)21)18(28-20)19-23-8-9-24-19/h2-9,11H,10H2,1H3,(H,23,24)(H,22,25,27). The van der Waals surface area contributed by atoms with E-state index < -0.39 is 0 Å². The Kier molecular flexibility index (Phi) is 5.18. The molecular weight excluding hydrogens is 394 g/mol. The summed E-state index contributed by atoms with van der Waals surface area (Å²) >= 11 is 7.88. The Morgan fingerprint density at radius 1 is 1.21 bits per heavy atom. The predicted molar refractivity (Wildman–Crippen MR) is 111 cm³/mol. The molecule has 1 amide bonds. The highest BCUT2D eigenvalue weighted by atomic mass is 35.5. The van der Waals surface area contributed by atoms with Gasteiger partial charge in [-0.15, -0.1) is 11.3 Å². The molecule has 4 rings (SSSR count). The lowest BCUT2D eigenvalue weighted by atomic mass is 10.1. The van der Waals surface area contributed by atoms with Crippen molar-refractivity contribution in [3.05, 3.63) is 71.3 Å². The summed E-state index contributed by atoms with van der Waals surface area (Å²) in [5, 5.41) is 4.23. The van der Waals surface area contributed by atoms with Gasteiger partial charge in [0.2, 0.25) is 5.91 Å². The molecule has 0 aliphatic heterocycles. The van der Waals surface area contributed by atoms with E-state index in [-0.39, 0.29) is 5.91 Å². The molecule has 0 spiro atoms. The number of hydrogen-bond acceptors (Lipinski definition) is 5. The van der Waals surface area contributed by atoms with E-state index >= 15 is 0 Å². The maximum atomic E-state index is 11.3. The van der Waals surface area contributed by atoms with Gasteiger partial charge in [-0.2, -0.15) is 0 Å². The van der Waals surface area contributed by atoms with Gasteiger partial charge in [0.15, 0.2) is 0 Å². The van der Waals surface area contributed by atoms with Crippen LogP contribution in [0, 0.1) is 0 Å². The molecule has 140 valence electrons. The number of nitrogens with one attached hydrogen (secondary N) is 2. The number of imidazole rings is 1.